The fourth-order valence-electron chi connectivity index (χ4n) is 4.22. The molecule has 3 aliphatic heterocycles. The molecule has 154 valence electrons. The van der Waals surface area contributed by atoms with Crippen LogP contribution in [0.3, 0.4) is 0 Å². The van der Waals surface area contributed by atoms with Crippen LogP contribution < -0.4 is 5.32 Å². The Morgan fingerprint density at radius 3 is 2.50 bits per heavy atom. The minimum atomic E-state index is -0.187. The van der Waals surface area contributed by atoms with E-state index in [0.717, 1.165) is 64.3 Å². The van der Waals surface area contributed by atoms with Gasteiger partial charge in [-0.2, -0.15) is 0 Å². The highest BCUT2D eigenvalue weighted by Gasteiger charge is 2.34. The highest BCUT2D eigenvalue weighted by molar-refractivity contribution is 5.92. The number of carbonyl (C=O) groups excluding carboxylic acids is 1. The minimum absolute atomic E-state index is 0.0193. The van der Waals surface area contributed by atoms with Gasteiger partial charge in [-0.15, -0.1) is 0 Å². The van der Waals surface area contributed by atoms with Crippen LogP contribution in [0.4, 0.5) is 5.69 Å². The van der Waals surface area contributed by atoms with Gasteiger partial charge in [-0.25, -0.2) is 0 Å². The van der Waals surface area contributed by atoms with Gasteiger partial charge in [0, 0.05) is 25.3 Å². The van der Waals surface area contributed by atoms with Crippen molar-refractivity contribution in [2.45, 2.75) is 38.1 Å². The van der Waals surface area contributed by atoms with Crippen molar-refractivity contribution in [1.82, 2.24) is 9.80 Å². The van der Waals surface area contributed by atoms with Crippen LogP contribution in [0, 0.1) is 0 Å². The standard InChI is InChI=1S/C21H31N3O4/c25-20(16-24-8-2-1-3-19(24)21-27-13-14-28-21)22-18-6-4-17(5-7-18)15-23-9-11-26-12-10-23/h4-7,19,21H,1-3,8-16H2,(H,22,25). The molecule has 4 rings (SSSR count). The number of piperidine rings is 1. The Labute approximate surface area is 166 Å². The van der Waals surface area contributed by atoms with Gasteiger partial charge in [-0.05, 0) is 37.1 Å². The lowest BCUT2D eigenvalue weighted by Crippen LogP contribution is -2.50. The van der Waals surface area contributed by atoms with Gasteiger partial charge < -0.3 is 19.5 Å². The Bertz CT molecular complexity index is 627. The van der Waals surface area contributed by atoms with Crippen LogP contribution >= 0.6 is 0 Å². The number of carbonyl (C=O) groups is 1. The van der Waals surface area contributed by atoms with Crippen LogP contribution in [0.5, 0.6) is 0 Å². The molecule has 1 aromatic carbocycles. The van der Waals surface area contributed by atoms with Crippen molar-refractivity contribution in [2.24, 2.45) is 0 Å². The van der Waals surface area contributed by atoms with Crippen molar-refractivity contribution in [3.05, 3.63) is 29.8 Å². The van der Waals surface area contributed by atoms with Gasteiger partial charge >= 0.3 is 0 Å². The summed E-state index contributed by atoms with van der Waals surface area (Å²) in [6.07, 6.45) is 3.12. The van der Waals surface area contributed by atoms with Crippen molar-refractivity contribution < 1.29 is 19.0 Å². The fraction of sp³-hybridized carbons (Fsp3) is 0.667. The quantitative estimate of drug-likeness (QED) is 0.799. The molecule has 1 amide bonds. The number of nitrogens with one attached hydrogen (secondary N) is 1. The molecule has 1 atom stereocenters. The maximum atomic E-state index is 12.6. The first kappa shape index (κ1) is 19.8. The Hall–Kier alpha value is -1.51. The Morgan fingerprint density at radius 1 is 1.00 bits per heavy atom. The third-order valence-electron chi connectivity index (χ3n) is 5.72. The minimum Gasteiger partial charge on any atom is -0.379 e. The molecule has 7 heteroatoms. The first-order chi connectivity index (χ1) is 13.8. The molecule has 0 bridgehead atoms. The predicted octanol–water partition coefficient (Wildman–Crippen LogP) is 1.68. The Morgan fingerprint density at radius 2 is 1.75 bits per heavy atom. The molecule has 1 N–H and O–H groups in total. The number of amides is 1. The van der Waals surface area contributed by atoms with Gasteiger partial charge in [-0.3, -0.25) is 14.6 Å². The third kappa shape index (κ3) is 5.30. The number of hydrogen-bond donors (Lipinski definition) is 1. The lowest BCUT2D eigenvalue weighted by Gasteiger charge is -2.37. The number of rotatable bonds is 6. The lowest BCUT2D eigenvalue weighted by atomic mass is 10.0. The zero-order valence-corrected chi connectivity index (χ0v) is 16.5. The van der Waals surface area contributed by atoms with Crippen LogP contribution in [0.15, 0.2) is 24.3 Å². The largest absolute Gasteiger partial charge is 0.379 e. The summed E-state index contributed by atoms with van der Waals surface area (Å²) in [5, 5.41) is 3.04. The molecule has 0 saturated carbocycles. The molecule has 0 spiro atoms. The molecule has 0 aliphatic carbocycles. The number of benzene rings is 1. The number of hydrogen-bond acceptors (Lipinski definition) is 6. The summed E-state index contributed by atoms with van der Waals surface area (Å²) in [5.41, 5.74) is 2.10. The number of morpholine rings is 1. The van der Waals surface area contributed by atoms with E-state index in [9.17, 15) is 4.79 Å². The molecule has 0 radical (unpaired) electrons. The molecule has 3 aliphatic rings. The van der Waals surface area contributed by atoms with Gasteiger partial charge in [0.2, 0.25) is 5.91 Å². The van der Waals surface area contributed by atoms with E-state index < -0.39 is 0 Å². The van der Waals surface area contributed by atoms with Crippen molar-refractivity contribution in [3.63, 3.8) is 0 Å². The van der Waals surface area contributed by atoms with Crippen molar-refractivity contribution in [1.29, 1.82) is 0 Å². The van der Waals surface area contributed by atoms with Gasteiger partial charge in [0.25, 0.3) is 0 Å². The van der Waals surface area contributed by atoms with Crippen LogP contribution in [0.25, 0.3) is 0 Å². The van der Waals surface area contributed by atoms with Crippen LogP contribution in [0.1, 0.15) is 24.8 Å². The molecular weight excluding hydrogens is 358 g/mol. The second-order valence-electron chi connectivity index (χ2n) is 7.78. The van der Waals surface area contributed by atoms with E-state index >= 15 is 0 Å². The van der Waals surface area contributed by atoms with Gasteiger partial charge in [0.1, 0.15) is 0 Å². The fourth-order valence-corrected chi connectivity index (χ4v) is 4.22. The molecule has 1 unspecified atom stereocenters. The summed E-state index contributed by atoms with van der Waals surface area (Å²) in [7, 11) is 0. The lowest BCUT2D eigenvalue weighted by molar-refractivity contribution is -0.127. The van der Waals surface area contributed by atoms with E-state index in [4.69, 9.17) is 14.2 Å². The Balaban J connectivity index is 1.27. The number of nitrogens with zero attached hydrogens (tertiary/aromatic N) is 2. The Kier molecular flexibility index (Phi) is 6.93. The topological polar surface area (TPSA) is 63.3 Å². The molecule has 3 heterocycles. The third-order valence-corrected chi connectivity index (χ3v) is 5.72. The summed E-state index contributed by atoms with van der Waals surface area (Å²) < 4.78 is 16.8. The van der Waals surface area contributed by atoms with E-state index in [1.807, 2.05) is 12.1 Å². The summed E-state index contributed by atoms with van der Waals surface area (Å²) in [4.78, 5) is 17.2. The molecule has 3 fully saturated rings. The molecule has 3 saturated heterocycles. The van der Waals surface area contributed by atoms with Gasteiger partial charge in [0.05, 0.1) is 39.0 Å². The van der Waals surface area contributed by atoms with E-state index in [2.05, 4.69) is 27.2 Å². The average Bonchev–Trinajstić information content (AvgIpc) is 3.25. The van der Waals surface area contributed by atoms with Crippen LogP contribution in [-0.4, -0.2) is 80.6 Å². The van der Waals surface area contributed by atoms with Crippen LogP contribution in [-0.2, 0) is 25.5 Å². The van der Waals surface area contributed by atoms with E-state index in [-0.39, 0.29) is 18.2 Å². The molecular formula is C21H31N3O4. The normalized spacial score (nSPS) is 25.1. The molecule has 0 aromatic heterocycles. The van der Waals surface area contributed by atoms with Crippen LogP contribution in [0.2, 0.25) is 0 Å². The maximum absolute atomic E-state index is 12.6. The molecule has 28 heavy (non-hydrogen) atoms. The number of anilines is 1. The summed E-state index contributed by atoms with van der Waals surface area (Å²) in [6.45, 7) is 7.09. The monoisotopic (exact) mass is 389 g/mol. The predicted molar refractivity (Wildman–Crippen MR) is 106 cm³/mol. The number of likely N-dealkylation sites (tertiary alicyclic amines) is 1. The maximum Gasteiger partial charge on any atom is 0.238 e. The first-order valence-corrected chi connectivity index (χ1v) is 10.4. The van der Waals surface area contributed by atoms with Crippen molar-refractivity contribution >= 4 is 11.6 Å². The second-order valence-corrected chi connectivity index (χ2v) is 7.78. The van der Waals surface area contributed by atoms with Gasteiger partial charge in [0.15, 0.2) is 6.29 Å². The van der Waals surface area contributed by atoms with E-state index in [1.165, 1.54) is 5.56 Å². The summed E-state index contributed by atoms with van der Waals surface area (Å²) in [6, 6.07) is 8.34. The van der Waals surface area contributed by atoms with E-state index in [0.29, 0.717) is 19.8 Å². The average molecular weight is 389 g/mol. The SMILES string of the molecule is O=C(CN1CCCCC1C1OCCO1)Nc1ccc(CN2CCOCC2)cc1. The van der Waals surface area contributed by atoms with Gasteiger partial charge in [-0.1, -0.05) is 18.6 Å². The smallest absolute Gasteiger partial charge is 0.238 e. The number of ether oxygens (including phenoxy) is 3. The first-order valence-electron chi connectivity index (χ1n) is 10.4. The molecule has 7 nitrogen and oxygen atoms in total. The summed E-state index contributed by atoms with van der Waals surface area (Å²) >= 11 is 0. The highest BCUT2D eigenvalue weighted by atomic mass is 16.7. The van der Waals surface area contributed by atoms with Crippen molar-refractivity contribution in [2.75, 3.05) is 57.9 Å². The zero-order chi connectivity index (χ0) is 19.2. The molecule has 1 aromatic rings. The highest BCUT2D eigenvalue weighted by Crippen LogP contribution is 2.24. The van der Waals surface area contributed by atoms with E-state index in [1.54, 1.807) is 0 Å². The summed E-state index contributed by atoms with van der Waals surface area (Å²) in [5.74, 6) is 0.0193. The zero-order valence-electron chi connectivity index (χ0n) is 16.5. The second kappa shape index (κ2) is 9.80. The van der Waals surface area contributed by atoms with Crippen molar-refractivity contribution in [3.8, 4) is 0 Å².